The van der Waals surface area contributed by atoms with Gasteiger partial charge in [-0.15, -0.1) is 0 Å². The Morgan fingerprint density at radius 2 is 1.55 bits per heavy atom. The lowest BCUT2D eigenvalue weighted by molar-refractivity contribution is 0.0692. The van der Waals surface area contributed by atoms with Gasteiger partial charge in [-0.25, -0.2) is 4.79 Å². The molecule has 0 heterocycles. The van der Waals surface area contributed by atoms with Crippen LogP contribution in [0.3, 0.4) is 0 Å². The van der Waals surface area contributed by atoms with Crippen LogP contribution in [0.2, 0.25) is 10.0 Å². The Bertz CT molecular complexity index is 1140. The molecule has 0 spiro atoms. The van der Waals surface area contributed by atoms with Gasteiger partial charge in [0.15, 0.2) is 5.78 Å². The zero-order valence-electron chi connectivity index (χ0n) is 18.6. The third kappa shape index (κ3) is 6.88. The van der Waals surface area contributed by atoms with Crippen molar-refractivity contribution in [2.24, 2.45) is 0 Å². The summed E-state index contributed by atoms with van der Waals surface area (Å²) in [6.45, 7) is 3.59. The smallest absolute Gasteiger partial charge is 0.339 e. The monoisotopic (exact) mass is 490 g/mol. The quantitative estimate of drug-likeness (QED) is 0.381. The van der Waals surface area contributed by atoms with E-state index in [9.17, 15) is 9.59 Å². The van der Waals surface area contributed by atoms with Crippen LogP contribution in [0.4, 0.5) is 0 Å². The maximum Gasteiger partial charge on any atom is 0.339 e. The average molecular weight is 491 g/mol. The number of aryl methyl sites for hydroxylation is 1. The predicted octanol–water partition coefficient (Wildman–Crippen LogP) is 6.49. The second-order valence-corrected chi connectivity index (χ2v) is 7.72. The molecule has 0 saturated carbocycles. The van der Waals surface area contributed by atoms with E-state index in [-0.39, 0.29) is 23.7 Å². The lowest BCUT2D eigenvalue weighted by Gasteiger charge is -2.13. The molecule has 0 saturated heterocycles. The summed E-state index contributed by atoms with van der Waals surface area (Å²) < 4.78 is 15.9. The van der Waals surface area contributed by atoms with E-state index in [1.165, 1.54) is 20.1 Å². The van der Waals surface area contributed by atoms with Crippen LogP contribution in [0.5, 0.6) is 17.2 Å². The number of para-hydroxylation sites is 2. The molecular formula is C25H24Cl2O6. The number of halogens is 2. The predicted molar refractivity (Wildman–Crippen MR) is 128 cm³/mol. The molecular weight excluding hydrogens is 467 g/mol. The summed E-state index contributed by atoms with van der Waals surface area (Å²) in [5, 5.41) is 10.0. The molecule has 0 aliphatic rings. The number of carbonyl (C=O) groups excluding carboxylic acids is 1. The van der Waals surface area contributed by atoms with Crippen molar-refractivity contribution in [2.45, 2.75) is 20.5 Å². The maximum absolute atomic E-state index is 11.1. The van der Waals surface area contributed by atoms with Crippen molar-refractivity contribution in [1.29, 1.82) is 0 Å². The van der Waals surface area contributed by atoms with E-state index < -0.39 is 5.97 Å². The minimum absolute atomic E-state index is 0.0375. The van der Waals surface area contributed by atoms with Crippen molar-refractivity contribution in [3.05, 3.63) is 86.9 Å². The second kappa shape index (κ2) is 12.1. The Morgan fingerprint density at radius 3 is 2.09 bits per heavy atom. The zero-order valence-corrected chi connectivity index (χ0v) is 20.2. The van der Waals surface area contributed by atoms with Crippen LogP contribution in [0.1, 0.15) is 38.8 Å². The molecule has 0 unspecified atom stereocenters. The van der Waals surface area contributed by atoms with Crippen LogP contribution in [-0.2, 0) is 6.61 Å². The van der Waals surface area contributed by atoms with Crippen molar-refractivity contribution in [3.63, 3.8) is 0 Å². The molecule has 0 radical (unpaired) electrons. The second-order valence-electron chi connectivity index (χ2n) is 6.88. The minimum Gasteiger partial charge on any atom is -0.496 e. The molecule has 0 amide bonds. The average Bonchev–Trinajstić information content (AvgIpc) is 2.78. The summed E-state index contributed by atoms with van der Waals surface area (Å²) in [6.07, 6.45) is 0. The summed E-state index contributed by atoms with van der Waals surface area (Å²) in [7, 11) is 3.00. The Labute approximate surface area is 202 Å². The topological polar surface area (TPSA) is 82.1 Å². The van der Waals surface area contributed by atoms with Crippen LogP contribution >= 0.6 is 23.2 Å². The van der Waals surface area contributed by atoms with E-state index in [1.807, 2.05) is 19.1 Å². The fourth-order valence-corrected chi connectivity index (χ4v) is 3.52. The number of hydrogen-bond acceptors (Lipinski definition) is 5. The maximum atomic E-state index is 11.1. The molecule has 0 bridgehead atoms. The molecule has 6 nitrogen and oxygen atoms in total. The first-order chi connectivity index (χ1) is 15.7. The summed E-state index contributed by atoms with van der Waals surface area (Å²) in [5.41, 5.74) is 2.34. The SMILES string of the molecule is COc1c(C)cccc1C(C)=O.COc1c(COc2ccc(Cl)cc2Cl)cccc1C(=O)O. The number of rotatable bonds is 7. The van der Waals surface area contributed by atoms with Crippen LogP contribution in [-0.4, -0.2) is 31.1 Å². The van der Waals surface area contributed by atoms with Crippen LogP contribution in [0.15, 0.2) is 54.6 Å². The lowest BCUT2D eigenvalue weighted by Crippen LogP contribution is -2.05. The highest BCUT2D eigenvalue weighted by molar-refractivity contribution is 6.35. The Hall–Kier alpha value is -3.22. The van der Waals surface area contributed by atoms with Crippen molar-refractivity contribution in [3.8, 4) is 17.2 Å². The van der Waals surface area contributed by atoms with Gasteiger partial charge >= 0.3 is 5.97 Å². The zero-order chi connectivity index (χ0) is 24.5. The standard InChI is InChI=1S/C15H12Cl2O4.C10H12O2/c1-20-14-9(3-2-4-11(14)15(18)19)8-21-13-6-5-10(16)7-12(13)17;1-7-5-4-6-9(8(2)11)10(7)12-3/h2-7H,8H2,1H3,(H,18,19);4-6H,1-3H3. The molecule has 0 aliphatic carbocycles. The van der Waals surface area contributed by atoms with Crippen LogP contribution in [0.25, 0.3) is 0 Å². The first-order valence-corrected chi connectivity index (χ1v) is 10.6. The largest absolute Gasteiger partial charge is 0.496 e. The molecule has 3 aromatic carbocycles. The molecule has 1 N–H and O–H groups in total. The molecule has 0 atom stereocenters. The first-order valence-electron chi connectivity index (χ1n) is 9.81. The van der Waals surface area contributed by atoms with Gasteiger partial charge in [0.05, 0.1) is 24.8 Å². The van der Waals surface area contributed by atoms with Gasteiger partial charge in [-0.2, -0.15) is 0 Å². The van der Waals surface area contributed by atoms with E-state index in [2.05, 4.69) is 0 Å². The molecule has 0 aliphatic heterocycles. The number of hydrogen-bond donors (Lipinski definition) is 1. The molecule has 3 aromatic rings. The van der Waals surface area contributed by atoms with Gasteiger partial charge in [-0.05, 0) is 49.7 Å². The highest BCUT2D eigenvalue weighted by Gasteiger charge is 2.15. The Balaban J connectivity index is 0.000000273. The van der Waals surface area contributed by atoms with Gasteiger partial charge in [0, 0.05) is 10.6 Å². The van der Waals surface area contributed by atoms with Gasteiger partial charge in [-0.1, -0.05) is 47.5 Å². The number of ketones is 1. The number of carboxylic acids is 1. The number of carbonyl (C=O) groups is 2. The highest BCUT2D eigenvalue weighted by atomic mass is 35.5. The number of ether oxygens (including phenoxy) is 3. The van der Waals surface area contributed by atoms with E-state index in [4.69, 9.17) is 42.5 Å². The van der Waals surface area contributed by atoms with E-state index in [0.717, 1.165) is 5.56 Å². The van der Waals surface area contributed by atoms with Crippen LogP contribution in [0, 0.1) is 6.92 Å². The highest BCUT2D eigenvalue weighted by Crippen LogP contribution is 2.30. The third-order valence-electron chi connectivity index (χ3n) is 4.60. The minimum atomic E-state index is -1.06. The summed E-state index contributed by atoms with van der Waals surface area (Å²) in [4.78, 5) is 22.2. The van der Waals surface area contributed by atoms with Gasteiger partial charge in [-0.3, -0.25) is 4.79 Å². The number of aromatic carboxylic acids is 1. The fourth-order valence-electron chi connectivity index (χ4n) is 3.06. The van der Waals surface area contributed by atoms with Crippen molar-refractivity contribution < 1.29 is 28.9 Å². The first kappa shape index (κ1) is 26.0. The molecule has 33 heavy (non-hydrogen) atoms. The van der Waals surface area contributed by atoms with Gasteiger partial charge < -0.3 is 19.3 Å². The fraction of sp³-hybridized carbons (Fsp3) is 0.200. The number of methoxy groups -OCH3 is 2. The summed E-state index contributed by atoms with van der Waals surface area (Å²) >= 11 is 11.8. The Morgan fingerprint density at radius 1 is 0.909 bits per heavy atom. The van der Waals surface area contributed by atoms with Crippen molar-refractivity contribution in [1.82, 2.24) is 0 Å². The Kier molecular flexibility index (Phi) is 9.57. The summed E-state index contributed by atoms with van der Waals surface area (Å²) in [5.74, 6) is 0.401. The lowest BCUT2D eigenvalue weighted by atomic mass is 10.1. The molecule has 0 fully saturated rings. The summed E-state index contributed by atoms with van der Waals surface area (Å²) in [6, 6.07) is 15.3. The van der Waals surface area contributed by atoms with E-state index >= 15 is 0 Å². The number of Topliss-reactive ketones (excluding diaryl/α,β-unsaturated/α-hetero) is 1. The van der Waals surface area contributed by atoms with E-state index in [0.29, 0.717) is 32.7 Å². The molecule has 174 valence electrons. The van der Waals surface area contributed by atoms with Crippen LogP contribution < -0.4 is 14.2 Å². The molecule has 8 heteroatoms. The normalized spacial score (nSPS) is 10.0. The van der Waals surface area contributed by atoms with Crippen molar-refractivity contribution >= 4 is 35.0 Å². The van der Waals surface area contributed by atoms with Crippen molar-refractivity contribution in [2.75, 3.05) is 14.2 Å². The van der Waals surface area contributed by atoms with E-state index in [1.54, 1.807) is 43.5 Å². The molecule has 3 rings (SSSR count). The third-order valence-corrected chi connectivity index (χ3v) is 5.13. The number of carboxylic acid groups (broad SMARTS) is 1. The van der Waals surface area contributed by atoms with Gasteiger partial charge in [0.25, 0.3) is 0 Å². The van der Waals surface area contributed by atoms with Gasteiger partial charge in [0.2, 0.25) is 0 Å². The molecule has 0 aromatic heterocycles. The number of benzene rings is 3. The van der Waals surface area contributed by atoms with Gasteiger partial charge in [0.1, 0.15) is 29.4 Å².